The number of rotatable bonds is 3. The maximum absolute atomic E-state index is 12.8. The second-order valence-corrected chi connectivity index (χ2v) is 6.28. The van der Waals surface area contributed by atoms with Gasteiger partial charge in [-0.3, -0.25) is 4.79 Å². The van der Waals surface area contributed by atoms with Crippen LogP contribution < -0.4 is 0 Å². The first-order valence-electron chi connectivity index (χ1n) is 8.60. The van der Waals surface area contributed by atoms with E-state index in [0.717, 1.165) is 37.0 Å². The molecule has 5 nitrogen and oxygen atoms in total. The lowest BCUT2D eigenvalue weighted by Gasteiger charge is -2.21. The summed E-state index contributed by atoms with van der Waals surface area (Å²) in [6.45, 7) is 2.03. The van der Waals surface area contributed by atoms with Gasteiger partial charge in [0.2, 0.25) is 5.91 Å². The van der Waals surface area contributed by atoms with Crippen LogP contribution in [-0.2, 0) is 11.3 Å². The molecule has 1 aliphatic heterocycles. The summed E-state index contributed by atoms with van der Waals surface area (Å²) in [6.07, 6.45) is 6.27. The lowest BCUT2D eigenvalue weighted by atomic mass is 10.2. The molecule has 1 fully saturated rings. The summed E-state index contributed by atoms with van der Waals surface area (Å²) in [7, 11) is 0. The zero-order valence-electron chi connectivity index (χ0n) is 13.6. The molecule has 1 aromatic carbocycles. The van der Waals surface area contributed by atoms with Gasteiger partial charge in [0.1, 0.15) is 6.54 Å². The number of para-hydroxylation sites is 2. The van der Waals surface area contributed by atoms with E-state index >= 15 is 0 Å². The second-order valence-electron chi connectivity index (χ2n) is 6.28. The number of benzene rings is 1. The molecule has 2 aromatic heterocycles. The quantitative estimate of drug-likeness (QED) is 0.738. The lowest BCUT2D eigenvalue weighted by Crippen LogP contribution is -2.34. The monoisotopic (exact) mass is 323 g/mol. The first-order chi connectivity index (χ1) is 11.8. The standard InChI is InChI=1S/C19H21N3O2/c23-18(21-11-5-1-2-6-12-21)14-22-16-9-4-3-8-15(16)20-19(22)17-10-7-13-24-17/h3-4,7-10,13H,1-2,5-6,11-12,14H2. The summed E-state index contributed by atoms with van der Waals surface area (Å²) in [5, 5.41) is 0. The molecule has 5 heteroatoms. The Hall–Kier alpha value is -2.56. The van der Waals surface area contributed by atoms with Gasteiger partial charge in [-0.15, -0.1) is 0 Å². The lowest BCUT2D eigenvalue weighted by molar-refractivity contribution is -0.131. The topological polar surface area (TPSA) is 51.3 Å². The van der Waals surface area contributed by atoms with E-state index in [1.54, 1.807) is 6.26 Å². The Kier molecular flexibility index (Phi) is 4.07. The fourth-order valence-electron chi connectivity index (χ4n) is 3.38. The Morgan fingerprint density at radius 2 is 1.83 bits per heavy atom. The molecule has 1 amide bonds. The molecule has 0 spiro atoms. The normalized spacial score (nSPS) is 15.6. The zero-order valence-corrected chi connectivity index (χ0v) is 13.6. The molecule has 0 unspecified atom stereocenters. The van der Waals surface area contributed by atoms with Gasteiger partial charge < -0.3 is 13.9 Å². The first-order valence-corrected chi connectivity index (χ1v) is 8.60. The molecule has 0 N–H and O–H groups in total. The van der Waals surface area contributed by atoms with Crippen molar-refractivity contribution in [3.63, 3.8) is 0 Å². The Labute approximate surface area is 140 Å². The average Bonchev–Trinajstić information content (AvgIpc) is 3.16. The number of hydrogen-bond donors (Lipinski definition) is 0. The molecule has 0 radical (unpaired) electrons. The maximum atomic E-state index is 12.8. The zero-order chi connectivity index (χ0) is 16.4. The molecular formula is C19H21N3O2. The molecular weight excluding hydrogens is 302 g/mol. The van der Waals surface area contributed by atoms with Gasteiger partial charge in [-0.2, -0.15) is 0 Å². The number of likely N-dealkylation sites (tertiary alicyclic amines) is 1. The summed E-state index contributed by atoms with van der Waals surface area (Å²) in [6, 6.07) is 11.6. The van der Waals surface area contributed by atoms with Crippen LogP contribution in [0.15, 0.2) is 47.1 Å². The number of aromatic nitrogens is 2. The summed E-state index contributed by atoms with van der Waals surface area (Å²) in [5.41, 5.74) is 1.85. The molecule has 0 saturated carbocycles. The number of amides is 1. The molecule has 3 aromatic rings. The molecule has 24 heavy (non-hydrogen) atoms. The Morgan fingerprint density at radius 1 is 1.04 bits per heavy atom. The van der Waals surface area contributed by atoms with Crippen LogP contribution in [0.5, 0.6) is 0 Å². The third-order valence-corrected chi connectivity index (χ3v) is 4.65. The van der Waals surface area contributed by atoms with Gasteiger partial charge >= 0.3 is 0 Å². The van der Waals surface area contributed by atoms with Crippen molar-refractivity contribution in [3.05, 3.63) is 42.7 Å². The van der Waals surface area contributed by atoms with Gasteiger partial charge in [0.25, 0.3) is 0 Å². The SMILES string of the molecule is O=C(Cn1c(-c2ccco2)nc2ccccc21)N1CCCCCC1. The van der Waals surface area contributed by atoms with Crippen molar-refractivity contribution in [2.75, 3.05) is 13.1 Å². The van der Waals surface area contributed by atoms with E-state index in [2.05, 4.69) is 4.98 Å². The highest BCUT2D eigenvalue weighted by Crippen LogP contribution is 2.25. The predicted molar refractivity (Wildman–Crippen MR) is 92.5 cm³/mol. The number of carbonyl (C=O) groups excluding carboxylic acids is 1. The van der Waals surface area contributed by atoms with Crippen LogP contribution in [0.4, 0.5) is 0 Å². The van der Waals surface area contributed by atoms with Crippen molar-refractivity contribution in [2.45, 2.75) is 32.2 Å². The largest absolute Gasteiger partial charge is 0.461 e. The molecule has 4 rings (SSSR count). The van der Waals surface area contributed by atoms with Crippen LogP contribution in [0.2, 0.25) is 0 Å². The second kappa shape index (κ2) is 6.51. The van der Waals surface area contributed by atoms with Crippen LogP contribution in [0.1, 0.15) is 25.7 Å². The van der Waals surface area contributed by atoms with E-state index in [1.807, 2.05) is 45.9 Å². The highest BCUT2D eigenvalue weighted by atomic mass is 16.3. The third kappa shape index (κ3) is 2.82. The molecule has 0 bridgehead atoms. The summed E-state index contributed by atoms with van der Waals surface area (Å²) in [4.78, 5) is 19.5. The van der Waals surface area contributed by atoms with Crippen molar-refractivity contribution in [2.24, 2.45) is 0 Å². The van der Waals surface area contributed by atoms with E-state index in [4.69, 9.17) is 4.42 Å². The van der Waals surface area contributed by atoms with Crippen LogP contribution in [-0.4, -0.2) is 33.4 Å². The first kappa shape index (κ1) is 15.0. The molecule has 124 valence electrons. The van der Waals surface area contributed by atoms with Gasteiger partial charge in [-0.05, 0) is 37.1 Å². The minimum Gasteiger partial charge on any atom is -0.461 e. The predicted octanol–water partition coefficient (Wildman–Crippen LogP) is 3.70. The van der Waals surface area contributed by atoms with Crippen LogP contribution in [0.3, 0.4) is 0 Å². The number of hydrogen-bond acceptors (Lipinski definition) is 3. The average molecular weight is 323 g/mol. The van der Waals surface area contributed by atoms with Crippen molar-refractivity contribution in [1.29, 1.82) is 0 Å². The fourth-order valence-corrected chi connectivity index (χ4v) is 3.38. The van der Waals surface area contributed by atoms with Crippen molar-refractivity contribution >= 4 is 16.9 Å². The summed E-state index contributed by atoms with van der Waals surface area (Å²) in [5.74, 6) is 1.56. The highest BCUT2D eigenvalue weighted by molar-refractivity contribution is 5.84. The highest BCUT2D eigenvalue weighted by Gasteiger charge is 2.20. The van der Waals surface area contributed by atoms with E-state index in [-0.39, 0.29) is 5.91 Å². The number of imidazole rings is 1. The minimum absolute atomic E-state index is 0.160. The van der Waals surface area contributed by atoms with Gasteiger partial charge in [0, 0.05) is 13.1 Å². The van der Waals surface area contributed by atoms with Gasteiger partial charge in [-0.1, -0.05) is 25.0 Å². The minimum atomic E-state index is 0.160. The van der Waals surface area contributed by atoms with E-state index in [9.17, 15) is 4.79 Å². The molecule has 0 atom stereocenters. The fraction of sp³-hybridized carbons (Fsp3) is 0.368. The van der Waals surface area contributed by atoms with E-state index in [0.29, 0.717) is 18.1 Å². The van der Waals surface area contributed by atoms with Crippen LogP contribution in [0.25, 0.3) is 22.6 Å². The Morgan fingerprint density at radius 3 is 2.58 bits per heavy atom. The van der Waals surface area contributed by atoms with E-state index in [1.165, 1.54) is 12.8 Å². The van der Waals surface area contributed by atoms with Gasteiger partial charge in [0.05, 0.1) is 17.3 Å². The van der Waals surface area contributed by atoms with E-state index < -0.39 is 0 Å². The summed E-state index contributed by atoms with van der Waals surface area (Å²) < 4.78 is 7.50. The van der Waals surface area contributed by atoms with Gasteiger partial charge in [-0.25, -0.2) is 4.98 Å². The molecule has 0 aliphatic carbocycles. The molecule has 1 aliphatic rings. The molecule has 3 heterocycles. The molecule has 1 saturated heterocycles. The number of carbonyl (C=O) groups is 1. The number of nitrogens with zero attached hydrogens (tertiary/aromatic N) is 3. The van der Waals surface area contributed by atoms with Gasteiger partial charge in [0.15, 0.2) is 11.6 Å². The smallest absolute Gasteiger partial charge is 0.242 e. The Balaban J connectivity index is 1.69. The van der Waals surface area contributed by atoms with Crippen molar-refractivity contribution < 1.29 is 9.21 Å². The van der Waals surface area contributed by atoms with Crippen molar-refractivity contribution in [1.82, 2.24) is 14.5 Å². The van der Waals surface area contributed by atoms with Crippen LogP contribution in [0, 0.1) is 0 Å². The van der Waals surface area contributed by atoms with Crippen LogP contribution >= 0.6 is 0 Å². The summed E-state index contributed by atoms with van der Waals surface area (Å²) >= 11 is 0. The number of furan rings is 1. The number of fused-ring (bicyclic) bond motifs is 1. The maximum Gasteiger partial charge on any atom is 0.242 e. The van der Waals surface area contributed by atoms with Crippen molar-refractivity contribution in [3.8, 4) is 11.6 Å². The third-order valence-electron chi connectivity index (χ3n) is 4.65. The Bertz CT molecular complexity index is 828.